The molecule has 0 saturated heterocycles. The average Bonchev–Trinajstić information content (AvgIpc) is 2.62. The first-order valence-electron chi connectivity index (χ1n) is 7.79. The zero-order chi connectivity index (χ0) is 17.8. The quantitative estimate of drug-likeness (QED) is 0.741. The molecule has 2 aromatic carbocycles. The maximum absolute atomic E-state index is 12.1. The van der Waals surface area contributed by atoms with Crippen LogP contribution in [0.25, 0.3) is 11.0 Å². The van der Waals surface area contributed by atoms with Crippen molar-refractivity contribution in [1.29, 1.82) is 0 Å². The second-order valence-electron chi connectivity index (χ2n) is 5.64. The molecule has 3 rings (SSSR count). The first kappa shape index (κ1) is 16.6. The summed E-state index contributed by atoms with van der Waals surface area (Å²) >= 11 is 0. The Morgan fingerprint density at radius 3 is 2.40 bits per heavy atom. The number of hydrogen-bond acceptors (Lipinski definition) is 5. The van der Waals surface area contributed by atoms with Gasteiger partial charge < -0.3 is 10.1 Å². The number of rotatable bonds is 4. The number of aryl methyl sites for hydroxylation is 2. The van der Waals surface area contributed by atoms with Gasteiger partial charge in [0.25, 0.3) is 5.91 Å². The Balaban J connectivity index is 1.64. The smallest absolute Gasteiger partial charge is 0.359 e. The van der Waals surface area contributed by atoms with Crippen molar-refractivity contribution in [3.63, 3.8) is 0 Å². The summed E-state index contributed by atoms with van der Waals surface area (Å²) in [6, 6.07) is 12.9. The maximum Gasteiger partial charge on any atom is 0.359 e. The number of ether oxygens (including phenoxy) is 1. The fraction of sp³-hybridized carbons (Fsp3) is 0.158. The summed E-state index contributed by atoms with van der Waals surface area (Å²) < 4.78 is 5.04. The van der Waals surface area contributed by atoms with Crippen molar-refractivity contribution in [2.45, 2.75) is 13.8 Å². The molecule has 126 valence electrons. The van der Waals surface area contributed by atoms with E-state index >= 15 is 0 Å². The van der Waals surface area contributed by atoms with E-state index in [0.29, 0.717) is 11.0 Å². The van der Waals surface area contributed by atoms with Crippen molar-refractivity contribution in [2.75, 3.05) is 11.9 Å². The van der Waals surface area contributed by atoms with Crippen LogP contribution in [0.4, 0.5) is 5.69 Å². The lowest BCUT2D eigenvalue weighted by atomic mass is 10.1. The molecule has 1 N–H and O–H groups in total. The second kappa shape index (κ2) is 7.09. The molecule has 0 radical (unpaired) electrons. The Morgan fingerprint density at radius 2 is 1.68 bits per heavy atom. The van der Waals surface area contributed by atoms with Crippen molar-refractivity contribution < 1.29 is 14.3 Å². The predicted octanol–water partition coefficient (Wildman–Crippen LogP) is 3.04. The summed E-state index contributed by atoms with van der Waals surface area (Å²) in [5, 5.41) is 2.76. The van der Waals surface area contributed by atoms with Crippen LogP contribution in [-0.2, 0) is 9.53 Å². The van der Waals surface area contributed by atoms with Crippen molar-refractivity contribution in [3.05, 3.63) is 65.5 Å². The van der Waals surface area contributed by atoms with Gasteiger partial charge in [0.15, 0.2) is 12.3 Å². The minimum Gasteiger partial charge on any atom is -0.451 e. The molecule has 0 spiro atoms. The Labute approximate surface area is 144 Å². The third-order valence-corrected chi connectivity index (χ3v) is 3.74. The molecule has 0 aliphatic rings. The highest BCUT2D eigenvalue weighted by Gasteiger charge is 2.14. The topological polar surface area (TPSA) is 81.2 Å². The number of aromatic nitrogens is 2. The average molecular weight is 335 g/mol. The summed E-state index contributed by atoms with van der Waals surface area (Å²) in [6.07, 6.45) is 1.34. The predicted molar refractivity (Wildman–Crippen MR) is 94.4 cm³/mol. The first-order chi connectivity index (χ1) is 12.0. The fourth-order valence-electron chi connectivity index (χ4n) is 2.45. The van der Waals surface area contributed by atoms with Gasteiger partial charge in [-0.25, -0.2) is 9.78 Å². The summed E-state index contributed by atoms with van der Waals surface area (Å²) in [7, 11) is 0. The van der Waals surface area contributed by atoms with Crippen LogP contribution in [0.1, 0.15) is 21.6 Å². The molecule has 6 heteroatoms. The highest BCUT2D eigenvalue weighted by molar-refractivity contribution is 5.96. The number of amides is 1. The zero-order valence-corrected chi connectivity index (χ0v) is 13.9. The molecule has 0 saturated carbocycles. The van der Waals surface area contributed by atoms with Crippen molar-refractivity contribution in [3.8, 4) is 0 Å². The van der Waals surface area contributed by atoms with E-state index < -0.39 is 11.9 Å². The number of para-hydroxylation sites is 3. The largest absolute Gasteiger partial charge is 0.451 e. The maximum atomic E-state index is 12.1. The molecular weight excluding hydrogens is 318 g/mol. The summed E-state index contributed by atoms with van der Waals surface area (Å²) in [4.78, 5) is 32.5. The highest BCUT2D eigenvalue weighted by Crippen LogP contribution is 2.19. The van der Waals surface area contributed by atoms with E-state index in [-0.39, 0.29) is 12.3 Å². The lowest BCUT2D eigenvalue weighted by molar-refractivity contribution is -0.119. The molecule has 6 nitrogen and oxygen atoms in total. The molecule has 0 aliphatic heterocycles. The van der Waals surface area contributed by atoms with Crippen LogP contribution in [-0.4, -0.2) is 28.5 Å². The van der Waals surface area contributed by atoms with Gasteiger partial charge in [-0.15, -0.1) is 0 Å². The van der Waals surface area contributed by atoms with E-state index in [1.807, 2.05) is 44.2 Å². The molecule has 0 bridgehead atoms. The molecule has 1 heterocycles. The van der Waals surface area contributed by atoms with Gasteiger partial charge in [-0.05, 0) is 37.1 Å². The SMILES string of the molecule is Cc1cccc(C)c1NC(=O)COC(=O)c1cnc2ccccc2n1. The summed E-state index contributed by atoms with van der Waals surface area (Å²) in [5.74, 6) is -1.09. The minimum atomic E-state index is -0.685. The van der Waals surface area contributed by atoms with Crippen LogP contribution in [0.2, 0.25) is 0 Å². The van der Waals surface area contributed by atoms with Gasteiger partial charge in [0.1, 0.15) is 0 Å². The number of hydrogen-bond donors (Lipinski definition) is 1. The van der Waals surface area contributed by atoms with Crippen LogP contribution in [0.3, 0.4) is 0 Å². The number of nitrogens with zero attached hydrogens (tertiary/aromatic N) is 2. The monoisotopic (exact) mass is 335 g/mol. The van der Waals surface area contributed by atoms with Crippen LogP contribution < -0.4 is 5.32 Å². The van der Waals surface area contributed by atoms with Gasteiger partial charge >= 0.3 is 5.97 Å². The van der Waals surface area contributed by atoms with E-state index in [1.165, 1.54) is 6.20 Å². The molecule has 25 heavy (non-hydrogen) atoms. The van der Waals surface area contributed by atoms with Gasteiger partial charge in [0.2, 0.25) is 0 Å². The van der Waals surface area contributed by atoms with E-state index in [2.05, 4.69) is 15.3 Å². The Morgan fingerprint density at radius 1 is 1.00 bits per heavy atom. The molecule has 0 atom stereocenters. The molecule has 0 aliphatic carbocycles. The lowest BCUT2D eigenvalue weighted by Crippen LogP contribution is -2.22. The number of carbonyl (C=O) groups is 2. The number of anilines is 1. The number of fused-ring (bicyclic) bond motifs is 1. The summed E-state index contributed by atoms with van der Waals surface area (Å²) in [5.41, 5.74) is 3.97. The standard InChI is InChI=1S/C19H17N3O3/c1-12-6-5-7-13(2)18(12)22-17(23)11-25-19(24)16-10-20-14-8-3-4-9-15(14)21-16/h3-10H,11H2,1-2H3,(H,22,23). The van der Waals surface area contributed by atoms with Gasteiger partial charge in [0, 0.05) is 5.69 Å². The summed E-state index contributed by atoms with van der Waals surface area (Å²) in [6.45, 7) is 3.42. The molecule has 3 aromatic rings. The number of carbonyl (C=O) groups excluding carboxylic acids is 2. The number of benzene rings is 2. The van der Waals surface area contributed by atoms with Gasteiger partial charge in [-0.2, -0.15) is 0 Å². The highest BCUT2D eigenvalue weighted by atomic mass is 16.5. The van der Waals surface area contributed by atoms with Crippen molar-refractivity contribution in [1.82, 2.24) is 9.97 Å². The van der Waals surface area contributed by atoms with Crippen molar-refractivity contribution in [2.24, 2.45) is 0 Å². The molecule has 0 fully saturated rings. The molecule has 1 amide bonds. The molecule has 1 aromatic heterocycles. The molecular formula is C19H17N3O3. The van der Waals surface area contributed by atoms with E-state index in [9.17, 15) is 9.59 Å². The Bertz CT molecular complexity index is 933. The van der Waals surface area contributed by atoms with Gasteiger partial charge in [-0.1, -0.05) is 30.3 Å². The van der Waals surface area contributed by atoms with Crippen LogP contribution in [0, 0.1) is 13.8 Å². The fourth-order valence-corrected chi connectivity index (χ4v) is 2.45. The number of nitrogens with one attached hydrogen (secondary N) is 1. The Hall–Kier alpha value is -3.28. The lowest BCUT2D eigenvalue weighted by Gasteiger charge is -2.11. The number of esters is 1. The van der Waals surface area contributed by atoms with Crippen LogP contribution in [0.5, 0.6) is 0 Å². The van der Waals surface area contributed by atoms with Crippen LogP contribution in [0.15, 0.2) is 48.7 Å². The first-order valence-corrected chi connectivity index (χ1v) is 7.79. The van der Waals surface area contributed by atoms with Gasteiger partial charge in [-0.3, -0.25) is 9.78 Å². The normalized spacial score (nSPS) is 10.5. The van der Waals surface area contributed by atoms with Crippen LogP contribution >= 0.6 is 0 Å². The van der Waals surface area contributed by atoms with Crippen molar-refractivity contribution >= 4 is 28.6 Å². The third kappa shape index (κ3) is 3.80. The van der Waals surface area contributed by atoms with Gasteiger partial charge in [0.05, 0.1) is 17.2 Å². The minimum absolute atomic E-state index is 0.0681. The second-order valence-corrected chi connectivity index (χ2v) is 5.64. The van der Waals surface area contributed by atoms with E-state index in [0.717, 1.165) is 16.8 Å². The Kier molecular flexibility index (Phi) is 4.70. The van der Waals surface area contributed by atoms with E-state index in [1.54, 1.807) is 12.1 Å². The molecule has 0 unspecified atom stereocenters. The zero-order valence-electron chi connectivity index (χ0n) is 13.9. The van der Waals surface area contributed by atoms with E-state index in [4.69, 9.17) is 4.74 Å². The third-order valence-electron chi connectivity index (χ3n) is 3.74.